The highest BCUT2D eigenvalue weighted by molar-refractivity contribution is 9.10. The van der Waals surface area contributed by atoms with Crippen molar-refractivity contribution in [2.45, 2.75) is 0 Å². The summed E-state index contributed by atoms with van der Waals surface area (Å²) in [6.45, 7) is 0. The van der Waals surface area contributed by atoms with E-state index in [4.69, 9.17) is 17.3 Å². The predicted molar refractivity (Wildman–Crippen MR) is 68.8 cm³/mol. The fraction of sp³-hybridized carbons (Fsp3) is 0. The Morgan fingerprint density at radius 2 is 2.06 bits per heavy atom. The number of benzene rings is 1. The zero-order chi connectivity index (χ0) is 12.4. The molecule has 0 atom stereocenters. The first-order valence-electron chi connectivity index (χ1n) is 4.57. The monoisotopic (exact) mass is 316 g/mol. The van der Waals surface area contributed by atoms with E-state index >= 15 is 0 Å². The van der Waals surface area contributed by atoms with Crippen molar-refractivity contribution in [1.29, 1.82) is 0 Å². The molecule has 1 aromatic carbocycles. The minimum atomic E-state index is -0.401. The lowest BCUT2D eigenvalue weighted by Gasteiger charge is -2.07. The van der Waals surface area contributed by atoms with Crippen LogP contribution in [-0.4, -0.2) is 9.97 Å². The number of aromatic nitrogens is 2. The summed E-state index contributed by atoms with van der Waals surface area (Å²) in [6, 6.07) is 5.97. The third-order valence-electron chi connectivity index (χ3n) is 1.90. The molecule has 0 amide bonds. The molecular formula is C10H7BrClFN4. The fourth-order valence-electron chi connectivity index (χ4n) is 1.23. The molecule has 0 saturated carbocycles. The normalized spacial score (nSPS) is 10.3. The molecule has 1 aromatic heterocycles. The van der Waals surface area contributed by atoms with Gasteiger partial charge in [0, 0.05) is 10.5 Å². The Hall–Kier alpha value is -1.40. The van der Waals surface area contributed by atoms with Crippen LogP contribution in [0.15, 0.2) is 28.7 Å². The summed E-state index contributed by atoms with van der Waals surface area (Å²) in [5.41, 5.74) is 5.70. The molecule has 1 heterocycles. The summed E-state index contributed by atoms with van der Waals surface area (Å²) < 4.78 is 14.2. The van der Waals surface area contributed by atoms with E-state index in [2.05, 4.69) is 31.2 Å². The number of halogens is 3. The van der Waals surface area contributed by atoms with Crippen molar-refractivity contribution in [3.05, 3.63) is 39.7 Å². The molecule has 88 valence electrons. The minimum absolute atomic E-state index is 0.0235. The maximum absolute atomic E-state index is 13.5. The summed E-state index contributed by atoms with van der Waals surface area (Å²) in [7, 11) is 0. The van der Waals surface area contributed by atoms with E-state index in [-0.39, 0.29) is 16.8 Å². The Morgan fingerprint density at radius 1 is 1.29 bits per heavy atom. The Bertz CT molecular complexity index is 544. The van der Waals surface area contributed by atoms with E-state index in [1.165, 1.54) is 12.1 Å². The maximum Gasteiger partial charge on any atom is 0.223 e. The topological polar surface area (TPSA) is 63.8 Å². The van der Waals surface area contributed by atoms with Gasteiger partial charge in [0.1, 0.15) is 16.8 Å². The molecule has 4 nitrogen and oxygen atoms in total. The highest BCUT2D eigenvalue weighted by Gasteiger charge is 2.06. The van der Waals surface area contributed by atoms with Crippen LogP contribution in [-0.2, 0) is 0 Å². The van der Waals surface area contributed by atoms with Crippen LogP contribution < -0.4 is 11.1 Å². The fourth-order valence-corrected chi connectivity index (χ4v) is 1.78. The SMILES string of the molecule is Nc1nc(Cl)cc(Nc2cc(Br)ccc2F)n1. The maximum atomic E-state index is 13.5. The van der Waals surface area contributed by atoms with E-state index in [9.17, 15) is 4.39 Å². The zero-order valence-corrected chi connectivity index (χ0v) is 10.8. The Balaban J connectivity index is 2.34. The van der Waals surface area contributed by atoms with Crippen LogP contribution in [0.2, 0.25) is 5.15 Å². The van der Waals surface area contributed by atoms with Gasteiger partial charge in [0.2, 0.25) is 5.95 Å². The highest BCUT2D eigenvalue weighted by Crippen LogP contribution is 2.24. The third kappa shape index (κ3) is 3.04. The van der Waals surface area contributed by atoms with E-state index in [1.807, 2.05) is 0 Å². The summed E-state index contributed by atoms with van der Waals surface area (Å²) in [4.78, 5) is 7.59. The molecule has 7 heteroatoms. The standard InChI is InChI=1S/C10H7BrClFN4/c11-5-1-2-6(13)7(3-5)15-9-4-8(12)16-10(14)17-9/h1-4H,(H3,14,15,16,17). The molecule has 0 saturated heterocycles. The molecule has 2 aromatic rings. The molecule has 0 aliphatic rings. The van der Waals surface area contributed by atoms with Crippen molar-refractivity contribution in [2.75, 3.05) is 11.1 Å². The van der Waals surface area contributed by atoms with Gasteiger partial charge in [-0.2, -0.15) is 4.98 Å². The van der Waals surface area contributed by atoms with E-state index in [0.29, 0.717) is 5.82 Å². The van der Waals surface area contributed by atoms with Crippen LogP contribution in [0.4, 0.5) is 21.8 Å². The molecule has 0 unspecified atom stereocenters. The second-order valence-corrected chi connectivity index (χ2v) is 4.49. The molecule has 17 heavy (non-hydrogen) atoms. The van der Waals surface area contributed by atoms with Gasteiger partial charge in [-0.15, -0.1) is 0 Å². The summed E-state index contributed by atoms with van der Waals surface area (Å²) >= 11 is 8.96. The van der Waals surface area contributed by atoms with Crippen LogP contribution >= 0.6 is 27.5 Å². The number of anilines is 3. The summed E-state index contributed by atoms with van der Waals surface area (Å²) in [5, 5.41) is 2.96. The predicted octanol–water partition coefficient (Wildman–Crippen LogP) is 3.36. The van der Waals surface area contributed by atoms with Crippen molar-refractivity contribution < 1.29 is 4.39 Å². The van der Waals surface area contributed by atoms with Crippen LogP contribution in [0.1, 0.15) is 0 Å². The van der Waals surface area contributed by atoms with Gasteiger partial charge in [-0.05, 0) is 18.2 Å². The lowest BCUT2D eigenvalue weighted by Crippen LogP contribution is -2.01. The first-order valence-corrected chi connectivity index (χ1v) is 5.74. The number of nitrogens with zero attached hydrogens (tertiary/aromatic N) is 2. The number of nitrogens with one attached hydrogen (secondary N) is 1. The van der Waals surface area contributed by atoms with Crippen molar-refractivity contribution in [3.63, 3.8) is 0 Å². The average Bonchev–Trinajstić information content (AvgIpc) is 2.22. The van der Waals surface area contributed by atoms with Gasteiger partial charge < -0.3 is 11.1 Å². The molecule has 0 bridgehead atoms. The zero-order valence-electron chi connectivity index (χ0n) is 8.42. The van der Waals surface area contributed by atoms with Gasteiger partial charge in [0.15, 0.2) is 0 Å². The molecule has 2 rings (SSSR count). The van der Waals surface area contributed by atoms with E-state index < -0.39 is 5.82 Å². The van der Waals surface area contributed by atoms with Crippen LogP contribution in [0, 0.1) is 5.82 Å². The Kier molecular flexibility index (Phi) is 3.44. The molecule has 3 N–H and O–H groups in total. The number of hydrogen-bond donors (Lipinski definition) is 2. The minimum Gasteiger partial charge on any atom is -0.368 e. The number of nitrogen functional groups attached to an aromatic ring is 1. The molecule has 0 aliphatic carbocycles. The Labute approximate surface area is 110 Å². The lowest BCUT2D eigenvalue weighted by molar-refractivity contribution is 0.631. The molecule has 0 spiro atoms. The van der Waals surface area contributed by atoms with Gasteiger partial charge in [0.25, 0.3) is 0 Å². The average molecular weight is 318 g/mol. The number of hydrogen-bond acceptors (Lipinski definition) is 4. The number of rotatable bonds is 2. The van der Waals surface area contributed by atoms with Crippen molar-refractivity contribution >= 4 is 45.0 Å². The first-order chi connectivity index (χ1) is 8.04. The Morgan fingerprint density at radius 3 is 2.76 bits per heavy atom. The smallest absolute Gasteiger partial charge is 0.223 e. The van der Waals surface area contributed by atoms with Gasteiger partial charge in [-0.25, -0.2) is 9.37 Å². The first kappa shape index (κ1) is 12.1. The number of nitrogens with two attached hydrogens (primary N) is 1. The molecule has 0 fully saturated rings. The van der Waals surface area contributed by atoms with Crippen molar-refractivity contribution in [3.8, 4) is 0 Å². The third-order valence-corrected chi connectivity index (χ3v) is 2.59. The highest BCUT2D eigenvalue weighted by atomic mass is 79.9. The van der Waals surface area contributed by atoms with E-state index in [0.717, 1.165) is 4.47 Å². The van der Waals surface area contributed by atoms with Gasteiger partial charge in [-0.3, -0.25) is 0 Å². The molecule has 0 radical (unpaired) electrons. The van der Waals surface area contributed by atoms with E-state index in [1.54, 1.807) is 12.1 Å². The van der Waals surface area contributed by atoms with Gasteiger partial charge in [-0.1, -0.05) is 27.5 Å². The van der Waals surface area contributed by atoms with Gasteiger partial charge >= 0.3 is 0 Å². The quantitative estimate of drug-likeness (QED) is 0.834. The van der Waals surface area contributed by atoms with Crippen LogP contribution in [0.5, 0.6) is 0 Å². The lowest BCUT2D eigenvalue weighted by atomic mass is 10.3. The summed E-state index contributed by atoms with van der Waals surface area (Å²) in [5.74, 6) is -0.0450. The van der Waals surface area contributed by atoms with Crippen LogP contribution in [0.25, 0.3) is 0 Å². The molecule has 0 aliphatic heterocycles. The van der Waals surface area contributed by atoms with Gasteiger partial charge in [0.05, 0.1) is 5.69 Å². The van der Waals surface area contributed by atoms with Crippen molar-refractivity contribution in [1.82, 2.24) is 9.97 Å². The van der Waals surface area contributed by atoms with Crippen LogP contribution in [0.3, 0.4) is 0 Å². The molecular weight excluding hydrogens is 310 g/mol. The van der Waals surface area contributed by atoms with Crippen molar-refractivity contribution in [2.24, 2.45) is 0 Å². The second kappa shape index (κ2) is 4.85. The second-order valence-electron chi connectivity index (χ2n) is 3.18. The summed E-state index contributed by atoms with van der Waals surface area (Å²) in [6.07, 6.45) is 0. The largest absolute Gasteiger partial charge is 0.368 e.